The maximum absolute atomic E-state index is 13.0. The molecular formula is C24H36N6O8. The zero-order chi connectivity index (χ0) is 29.2. The maximum atomic E-state index is 13.0. The Bertz CT molecular complexity index is 1030. The van der Waals surface area contributed by atoms with Crippen molar-refractivity contribution in [2.45, 2.75) is 77.3 Å². The number of amides is 5. The fourth-order valence-electron chi connectivity index (χ4n) is 2.97. The maximum Gasteiger partial charge on any atom is 0.325 e. The lowest BCUT2D eigenvalue weighted by molar-refractivity contribution is -0.141. The summed E-state index contributed by atoms with van der Waals surface area (Å²) in [7, 11) is 0. The Morgan fingerprint density at radius 3 is 1.50 bits per heavy atom. The second kappa shape index (κ2) is 14.5. The lowest BCUT2D eigenvalue weighted by atomic mass is 10.0. The molecule has 0 fully saturated rings. The molecule has 5 amide bonds. The first kappa shape index (κ1) is 31.8. The van der Waals surface area contributed by atoms with Gasteiger partial charge in [0, 0.05) is 6.42 Å². The molecule has 1 aromatic carbocycles. The third-order valence-electron chi connectivity index (χ3n) is 5.41. The molecule has 9 N–H and O–H groups in total. The molecule has 0 aromatic heterocycles. The molecule has 6 unspecified atom stereocenters. The van der Waals surface area contributed by atoms with Crippen molar-refractivity contribution >= 4 is 35.5 Å². The molecule has 0 heterocycles. The van der Waals surface area contributed by atoms with Gasteiger partial charge in [-0.25, -0.2) is 0 Å². The highest BCUT2D eigenvalue weighted by Gasteiger charge is 2.29. The Hall–Kier alpha value is -4.20. The van der Waals surface area contributed by atoms with Crippen molar-refractivity contribution in [3.05, 3.63) is 29.8 Å². The lowest BCUT2D eigenvalue weighted by Gasteiger charge is -2.24. The highest BCUT2D eigenvalue weighted by atomic mass is 16.4. The molecule has 1 aromatic rings. The van der Waals surface area contributed by atoms with Gasteiger partial charge < -0.3 is 42.5 Å². The number of phenolic OH excluding ortho intramolecular Hbond substituents is 1. The number of carboxylic acids is 1. The highest BCUT2D eigenvalue weighted by molar-refractivity contribution is 5.96. The van der Waals surface area contributed by atoms with Crippen molar-refractivity contribution in [3.63, 3.8) is 0 Å². The Kier molecular flexibility index (Phi) is 12.2. The smallest absolute Gasteiger partial charge is 0.325 e. The first-order chi connectivity index (χ1) is 17.6. The first-order valence-electron chi connectivity index (χ1n) is 11.9. The van der Waals surface area contributed by atoms with Crippen LogP contribution in [0.25, 0.3) is 0 Å². The standard InChI is InChI=1S/C24H36N6O8/c1-11(25)19(32)26-12(2)20(33)27-14(4)22(35)30-18(10-16-6-8-17(31)9-7-16)23(36)28-13(3)21(34)29-15(5)24(37)38/h6-9,11-15,18,31H,10,25H2,1-5H3,(H,26,32)(H,27,33)(H,28,36)(H,29,34)(H,30,35)(H,37,38). The van der Waals surface area contributed by atoms with E-state index in [0.29, 0.717) is 5.56 Å². The number of aromatic hydroxyl groups is 1. The van der Waals surface area contributed by atoms with E-state index in [1.807, 2.05) is 0 Å². The van der Waals surface area contributed by atoms with Crippen LogP contribution in [0.3, 0.4) is 0 Å². The van der Waals surface area contributed by atoms with E-state index >= 15 is 0 Å². The van der Waals surface area contributed by atoms with Crippen molar-refractivity contribution in [2.24, 2.45) is 5.73 Å². The van der Waals surface area contributed by atoms with Gasteiger partial charge in [-0.2, -0.15) is 0 Å². The van der Waals surface area contributed by atoms with Gasteiger partial charge in [-0.1, -0.05) is 12.1 Å². The number of nitrogens with one attached hydrogen (secondary N) is 5. The van der Waals surface area contributed by atoms with Crippen LogP contribution >= 0.6 is 0 Å². The number of carboxylic acid groups (broad SMARTS) is 1. The van der Waals surface area contributed by atoms with Crippen molar-refractivity contribution in [1.82, 2.24) is 26.6 Å². The van der Waals surface area contributed by atoms with Gasteiger partial charge in [0.25, 0.3) is 0 Å². The minimum absolute atomic E-state index is 0.00166. The molecule has 0 aliphatic rings. The van der Waals surface area contributed by atoms with Gasteiger partial charge in [-0.15, -0.1) is 0 Å². The zero-order valence-electron chi connectivity index (χ0n) is 21.9. The summed E-state index contributed by atoms with van der Waals surface area (Å²) in [5.74, 6) is -4.67. The van der Waals surface area contributed by atoms with E-state index in [1.165, 1.54) is 46.8 Å². The molecule has 0 radical (unpaired) electrons. The molecule has 14 nitrogen and oxygen atoms in total. The van der Waals surface area contributed by atoms with Gasteiger partial charge in [0.2, 0.25) is 29.5 Å². The summed E-state index contributed by atoms with van der Waals surface area (Å²) in [5.41, 5.74) is 6.04. The van der Waals surface area contributed by atoms with Crippen molar-refractivity contribution < 1.29 is 39.0 Å². The third kappa shape index (κ3) is 10.4. The Morgan fingerprint density at radius 2 is 1.05 bits per heavy atom. The van der Waals surface area contributed by atoms with E-state index < -0.39 is 71.8 Å². The number of carbonyl (C=O) groups is 6. The normalized spacial score (nSPS) is 15.4. The van der Waals surface area contributed by atoms with Gasteiger partial charge in [0.05, 0.1) is 6.04 Å². The lowest BCUT2D eigenvalue weighted by Crippen LogP contribution is -2.58. The van der Waals surface area contributed by atoms with E-state index in [2.05, 4.69) is 26.6 Å². The number of hydrogen-bond acceptors (Lipinski definition) is 8. The summed E-state index contributed by atoms with van der Waals surface area (Å²) in [4.78, 5) is 73.2. The third-order valence-corrected chi connectivity index (χ3v) is 5.41. The van der Waals surface area contributed by atoms with Crippen molar-refractivity contribution in [2.75, 3.05) is 0 Å². The molecule has 38 heavy (non-hydrogen) atoms. The van der Waals surface area contributed by atoms with Crippen LogP contribution in [0.4, 0.5) is 0 Å². The Morgan fingerprint density at radius 1 is 0.658 bits per heavy atom. The van der Waals surface area contributed by atoms with E-state index in [9.17, 15) is 33.9 Å². The largest absolute Gasteiger partial charge is 0.508 e. The molecule has 0 aliphatic heterocycles. The Labute approximate surface area is 220 Å². The van der Waals surface area contributed by atoms with Gasteiger partial charge in [-0.3, -0.25) is 28.8 Å². The summed E-state index contributed by atoms with van der Waals surface area (Å²) in [5, 5.41) is 30.5. The molecule has 0 saturated heterocycles. The van der Waals surface area contributed by atoms with Crippen molar-refractivity contribution in [3.8, 4) is 5.75 Å². The van der Waals surface area contributed by atoms with Crippen molar-refractivity contribution in [1.29, 1.82) is 0 Å². The molecule has 14 heteroatoms. The summed E-state index contributed by atoms with van der Waals surface area (Å²) in [6, 6.07) is -0.547. The summed E-state index contributed by atoms with van der Waals surface area (Å²) in [6.45, 7) is 6.86. The van der Waals surface area contributed by atoms with Crippen LogP contribution in [0.5, 0.6) is 5.75 Å². The predicted molar refractivity (Wildman–Crippen MR) is 135 cm³/mol. The topological polar surface area (TPSA) is 229 Å². The minimum atomic E-state index is -1.25. The average molecular weight is 537 g/mol. The van der Waals surface area contributed by atoms with E-state index in [0.717, 1.165) is 0 Å². The molecule has 1 rings (SSSR count). The predicted octanol–water partition coefficient (Wildman–Crippen LogP) is -2.13. The highest BCUT2D eigenvalue weighted by Crippen LogP contribution is 2.12. The van der Waals surface area contributed by atoms with Gasteiger partial charge in [-0.05, 0) is 52.3 Å². The van der Waals surface area contributed by atoms with Gasteiger partial charge in [0.15, 0.2) is 0 Å². The van der Waals surface area contributed by atoms with E-state index in [1.54, 1.807) is 12.1 Å². The number of rotatable bonds is 13. The number of nitrogens with two attached hydrogens (primary N) is 1. The molecule has 0 spiro atoms. The molecule has 0 aliphatic carbocycles. The number of aliphatic carboxylic acids is 1. The monoisotopic (exact) mass is 536 g/mol. The van der Waals surface area contributed by atoms with Crippen LogP contribution < -0.4 is 32.3 Å². The quantitative estimate of drug-likeness (QED) is 0.137. The Balaban J connectivity index is 2.94. The summed E-state index contributed by atoms with van der Waals surface area (Å²) >= 11 is 0. The van der Waals surface area contributed by atoms with Gasteiger partial charge >= 0.3 is 5.97 Å². The molecule has 0 bridgehead atoms. The molecule has 0 saturated carbocycles. The first-order valence-corrected chi connectivity index (χ1v) is 11.9. The zero-order valence-corrected chi connectivity index (χ0v) is 21.9. The van der Waals surface area contributed by atoms with E-state index in [4.69, 9.17) is 10.8 Å². The fraction of sp³-hybridized carbons (Fsp3) is 0.500. The molecular weight excluding hydrogens is 500 g/mol. The second-order valence-corrected chi connectivity index (χ2v) is 8.98. The fourth-order valence-corrected chi connectivity index (χ4v) is 2.97. The van der Waals surface area contributed by atoms with E-state index in [-0.39, 0.29) is 12.2 Å². The van der Waals surface area contributed by atoms with Crippen LogP contribution in [0.2, 0.25) is 0 Å². The summed E-state index contributed by atoms with van der Waals surface area (Å²) < 4.78 is 0. The molecule has 6 atom stereocenters. The second-order valence-electron chi connectivity index (χ2n) is 8.98. The number of carbonyl (C=O) groups excluding carboxylic acids is 5. The summed E-state index contributed by atoms with van der Waals surface area (Å²) in [6.07, 6.45) is -0.0285. The SMILES string of the molecule is CC(N)C(=O)NC(C)C(=O)NC(C)C(=O)NC(Cc1ccc(O)cc1)C(=O)NC(C)C(=O)NC(C)C(=O)O. The minimum Gasteiger partial charge on any atom is -0.508 e. The van der Waals surface area contributed by atoms with Crippen LogP contribution in [-0.2, 0) is 35.2 Å². The van der Waals surface area contributed by atoms with Gasteiger partial charge in [0.1, 0.15) is 36.0 Å². The van der Waals surface area contributed by atoms with Crippen LogP contribution in [-0.4, -0.2) is 82.0 Å². The van der Waals surface area contributed by atoms with Crippen LogP contribution in [0, 0.1) is 0 Å². The number of hydrogen-bond donors (Lipinski definition) is 8. The van der Waals surface area contributed by atoms with Crippen LogP contribution in [0.1, 0.15) is 40.2 Å². The number of benzene rings is 1. The molecule has 210 valence electrons. The number of phenols is 1. The average Bonchev–Trinajstić information content (AvgIpc) is 2.84. The van der Waals surface area contributed by atoms with Crippen LogP contribution in [0.15, 0.2) is 24.3 Å².